The first kappa shape index (κ1) is 15.6. The molecule has 96 valence electrons. The summed E-state index contributed by atoms with van der Waals surface area (Å²) < 4.78 is 13.7. The highest BCUT2D eigenvalue weighted by molar-refractivity contribution is 5.14. The summed E-state index contributed by atoms with van der Waals surface area (Å²) >= 11 is 0. The Hall–Kier alpha value is -0.450. The SMILES string of the molecule is CCC(C)(C(=C[NH2+]C(C)N)CNC)C(C)F. The van der Waals surface area contributed by atoms with E-state index in [0.29, 0.717) is 6.54 Å². The van der Waals surface area contributed by atoms with Gasteiger partial charge in [-0.05, 0) is 20.4 Å². The van der Waals surface area contributed by atoms with Crippen molar-refractivity contribution in [1.29, 1.82) is 0 Å². The van der Waals surface area contributed by atoms with Gasteiger partial charge < -0.3 is 10.6 Å². The van der Waals surface area contributed by atoms with Gasteiger partial charge in [-0.3, -0.25) is 5.73 Å². The molecule has 0 aliphatic heterocycles. The van der Waals surface area contributed by atoms with Crippen LogP contribution in [0.2, 0.25) is 0 Å². The first-order chi connectivity index (χ1) is 7.38. The summed E-state index contributed by atoms with van der Waals surface area (Å²) in [6.07, 6.45) is 1.90. The molecule has 0 aromatic heterocycles. The van der Waals surface area contributed by atoms with Crippen LogP contribution in [0, 0.1) is 5.41 Å². The molecule has 3 nitrogen and oxygen atoms in total. The Balaban J connectivity index is 4.92. The van der Waals surface area contributed by atoms with Crippen molar-refractivity contribution in [3.63, 3.8) is 0 Å². The minimum Gasteiger partial charge on any atom is -0.316 e. The molecule has 0 aromatic rings. The third-order valence-electron chi connectivity index (χ3n) is 3.31. The summed E-state index contributed by atoms with van der Waals surface area (Å²) in [7, 11) is 1.87. The lowest BCUT2D eigenvalue weighted by Gasteiger charge is -2.32. The lowest BCUT2D eigenvalue weighted by molar-refractivity contribution is -0.623. The minimum absolute atomic E-state index is 0.00267. The molecule has 3 unspecified atom stereocenters. The second-order valence-corrected chi connectivity index (χ2v) is 4.66. The highest BCUT2D eigenvalue weighted by Crippen LogP contribution is 2.35. The molecule has 0 rings (SSSR count). The first-order valence-electron chi connectivity index (χ1n) is 5.97. The third kappa shape index (κ3) is 4.20. The van der Waals surface area contributed by atoms with Gasteiger partial charge in [0.25, 0.3) is 0 Å². The van der Waals surface area contributed by atoms with Gasteiger partial charge in [0.05, 0.1) is 6.20 Å². The summed E-state index contributed by atoms with van der Waals surface area (Å²) in [5.41, 5.74) is 6.35. The van der Waals surface area contributed by atoms with Crippen LogP contribution in [0.1, 0.15) is 34.1 Å². The zero-order valence-corrected chi connectivity index (χ0v) is 11.2. The van der Waals surface area contributed by atoms with Gasteiger partial charge in [0, 0.05) is 24.5 Å². The Bertz CT molecular complexity index is 226. The highest BCUT2D eigenvalue weighted by atomic mass is 19.1. The van der Waals surface area contributed by atoms with Crippen molar-refractivity contribution in [1.82, 2.24) is 5.32 Å². The standard InChI is InChI=1S/C12H26FN3/c1-6-12(4,9(2)13)11(7-15-5)8-16-10(3)14/h8-10,15-16H,6-7,14H2,1-5H3/p+1. The van der Waals surface area contributed by atoms with Crippen LogP contribution in [0.15, 0.2) is 11.8 Å². The zero-order valence-electron chi connectivity index (χ0n) is 11.2. The molecular formula is C12H27FN3+. The molecule has 4 heteroatoms. The number of halogens is 1. The van der Waals surface area contributed by atoms with E-state index in [-0.39, 0.29) is 6.17 Å². The quantitative estimate of drug-likeness (QED) is 0.567. The Morgan fingerprint density at radius 1 is 1.56 bits per heavy atom. The first-order valence-corrected chi connectivity index (χ1v) is 5.97. The van der Waals surface area contributed by atoms with Gasteiger partial charge >= 0.3 is 0 Å². The van der Waals surface area contributed by atoms with Crippen LogP contribution >= 0.6 is 0 Å². The largest absolute Gasteiger partial charge is 0.316 e. The van der Waals surface area contributed by atoms with Gasteiger partial charge in [0.15, 0.2) is 0 Å². The minimum atomic E-state index is -0.862. The normalized spacial score (nSPS) is 20.3. The molecule has 16 heavy (non-hydrogen) atoms. The van der Waals surface area contributed by atoms with Crippen LogP contribution < -0.4 is 16.4 Å². The number of alkyl halides is 1. The molecule has 0 bridgehead atoms. The topological polar surface area (TPSA) is 54.7 Å². The van der Waals surface area contributed by atoms with Crippen LogP contribution in [0.3, 0.4) is 0 Å². The number of quaternary nitrogens is 1. The molecule has 3 atom stereocenters. The molecule has 0 heterocycles. The van der Waals surface area contributed by atoms with Crippen LogP contribution in [0.5, 0.6) is 0 Å². The maximum absolute atomic E-state index is 13.7. The van der Waals surface area contributed by atoms with Crippen molar-refractivity contribution in [2.45, 2.75) is 46.5 Å². The molecule has 0 radical (unpaired) electrons. The second kappa shape index (κ2) is 6.99. The van der Waals surface area contributed by atoms with E-state index in [1.165, 1.54) is 0 Å². The van der Waals surface area contributed by atoms with E-state index in [9.17, 15) is 4.39 Å². The molecule has 0 spiro atoms. The maximum Gasteiger partial charge on any atom is 0.138 e. The van der Waals surface area contributed by atoms with E-state index >= 15 is 0 Å². The Morgan fingerprint density at radius 2 is 2.12 bits per heavy atom. The van der Waals surface area contributed by atoms with Gasteiger partial charge in [-0.25, -0.2) is 4.39 Å². The van der Waals surface area contributed by atoms with Gasteiger partial charge in [-0.15, -0.1) is 0 Å². The number of rotatable bonds is 7. The average molecular weight is 232 g/mol. The van der Waals surface area contributed by atoms with Crippen LogP contribution in [0.25, 0.3) is 0 Å². The van der Waals surface area contributed by atoms with E-state index in [0.717, 1.165) is 12.0 Å². The van der Waals surface area contributed by atoms with Gasteiger partial charge in [0.2, 0.25) is 0 Å². The molecule has 0 aliphatic carbocycles. The summed E-state index contributed by atoms with van der Waals surface area (Å²) in [6.45, 7) is 8.22. The van der Waals surface area contributed by atoms with Crippen molar-refractivity contribution in [2.75, 3.05) is 13.6 Å². The van der Waals surface area contributed by atoms with E-state index in [4.69, 9.17) is 5.73 Å². The summed E-state index contributed by atoms with van der Waals surface area (Å²) in [5.74, 6) is 0. The second-order valence-electron chi connectivity index (χ2n) is 4.66. The predicted molar refractivity (Wildman–Crippen MR) is 66.6 cm³/mol. The third-order valence-corrected chi connectivity index (χ3v) is 3.31. The van der Waals surface area contributed by atoms with E-state index in [1.54, 1.807) is 6.92 Å². The predicted octanol–water partition coefficient (Wildman–Crippen LogP) is 0.732. The molecule has 0 saturated carbocycles. The number of hydrogen-bond acceptors (Lipinski definition) is 2. The lowest BCUT2D eigenvalue weighted by atomic mass is 9.76. The molecule has 0 aliphatic rings. The molecule has 5 N–H and O–H groups in total. The van der Waals surface area contributed by atoms with Crippen molar-refractivity contribution in [3.05, 3.63) is 11.8 Å². The van der Waals surface area contributed by atoms with E-state index < -0.39 is 11.6 Å². The molecule has 0 saturated heterocycles. The monoisotopic (exact) mass is 232 g/mol. The van der Waals surface area contributed by atoms with Crippen LogP contribution in [-0.2, 0) is 0 Å². The van der Waals surface area contributed by atoms with E-state index in [1.807, 2.05) is 39.3 Å². The summed E-state index contributed by atoms with van der Waals surface area (Å²) in [5, 5.41) is 5.01. The van der Waals surface area contributed by atoms with Crippen molar-refractivity contribution >= 4 is 0 Å². The Labute approximate surface area is 98.7 Å². The lowest BCUT2D eigenvalue weighted by Crippen LogP contribution is -2.87. The fourth-order valence-corrected chi connectivity index (χ4v) is 1.67. The van der Waals surface area contributed by atoms with Gasteiger partial charge in [-0.1, -0.05) is 13.8 Å². The average Bonchev–Trinajstić information content (AvgIpc) is 2.22. The van der Waals surface area contributed by atoms with Crippen molar-refractivity contribution in [3.8, 4) is 0 Å². The molecule has 0 fully saturated rings. The number of nitrogens with one attached hydrogen (secondary N) is 1. The maximum atomic E-state index is 13.7. The number of likely N-dealkylation sites (N-methyl/N-ethyl adjacent to an activating group) is 1. The van der Waals surface area contributed by atoms with Crippen molar-refractivity contribution in [2.24, 2.45) is 11.1 Å². The summed E-state index contributed by atoms with van der Waals surface area (Å²) in [6, 6.07) is 0. The van der Waals surface area contributed by atoms with Crippen LogP contribution in [0.4, 0.5) is 4.39 Å². The Kier molecular flexibility index (Phi) is 6.79. The fourth-order valence-electron chi connectivity index (χ4n) is 1.67. The molecule has 0 aromatic carbocycles. The molecular weight excluding hydrogens is 205 g/mol. The van der Waals surface area contributed by atoms with Gasteiger partial charge in [0.1, 0.15) is 12.3 Å². The number of hydrogen-bond donors (Lipinski definition) is 3. The number of nitrogens with two attached hydrogens (primary N) is 2. The Morgan fingerprint density at radius 3 is 2.44 bits per heavy atom. The summed E-state index contributed by atoms with van der Waals surface area (Å²) in [4.78, 5) is 0. The van der Waals surface area contributed by atoms with Crippen LogP contribution in [-0.4, -0.2) is 25.9 Å². The molecule has 0 amide bonds. The highest BCUT2D eigenvalue weighted by Gasteiger charge is 2.34. The smallest absolute Gasteiger partial charge is 0.138 e. The zero-order chi connectivity index (χ0) is 12.8. The van der Waals surface area contributed by atoms with Crippen molar-refractivity contribution < 1.29 is 9.71 Å². The van der Waals surface area contributed by atoms with E-state index in [2.05, 4.69) is 5.32 Å². The fraction of sp³-hybridized carbons (Fsp3) is 0.833. The van der Waals surface area contributed by atoms with Gasteiger partial charge in [-0.2, -0.15) is 0 Å².